The number of alkyl carbamates (subject to hydrolysis) is 1. The van der Waals surface area contributed by atoms with Crippen LogP contribution in [0.2, 0.25) is 0 Å². The molecule has 2 aromatic carbocycles. The molecular weight excluding hydrogens is 427 g/mol. The number of nitrogens with one attached hydrogen (secondary N) is 1. The molecule has 32 heavy (non-hydrogen) atoms. The van der Waals surface area contributed by atoms with Crippen LogP contribution in [0.4, 0.5) is 18.0 Å². The molecule has 0 aliphatic carbocycles. The summed E-state index contributed by atoms with van der Waals surface area (Å²) in [6, 6.07) is 15.0. The SMILES string of the molecule is CCOC(=O)N[C@]1(C(F)(F)F)N=C(c2ccccc2)N(CCc2ccccc2OC)C1=O. The number of rotatable bonds is 7. The lowest BCUT2D eigenvalue weighted by molar-refractivity contribution is -0.196. The number of amidine groups is 1. The fourth-order valence-corrected chi connectivity index (χ4v) is 3.37. The molecule has 0 unspecified atom stereocenters. The van der Waals surface area contributed by atoms with Crippen LogP contribution < -0.4 is 10.1 Å². The number of halogens is 3. The van der Waals surface area contributed by atoms with Crippen molar-refractivity contribution in [1.29, 1.82) is 0 Å². The summed E-state index contributed by atoms with van der Waals surface area (Å²) in [6.07, 6.45) is -6.38. The van der Waals surface area contributed by atoms with Crippen molar-refractivity contribution >= 4 is 17.8 Å². The molecule has 0 bridgehead atoms. The molecule has 1 atom stereocenters. The zero-order valence-corrected chi connectivity index (χ0v) is 17.5. The third-order valence-corrected chi connectivity index (χ3v) is 4.88. The minimum atomic E-state index is -5.20. The van der Waals surface area contributed by atoms with Crippen LogP contribution in [0.5, 0.6) is 5.75 Å². The van der Waals surface area contributed by atoms with E-state index in [0.29, 0.717) is 16.9 Å². The second-order valence-electron chi connectivity index (χ2n) is 6.87. The Morgan fingerprint density at radius 3 is 2.41 bits per heavy atom. The van der Waals surface area contributed by atoms with Gasteiger partial charge in [-0.15, -0.1) is 0 Å². The van der Waals surface area contributed by atoms with Gasteiger partial charge in [-0.2, -0.15) is 13.2 Å². The number of para-hydroxylation sites is 1. The molecule has 170 valence electrons. The van der Waals surface area contributed by atoms with Gasteiger partial charge >= 0.3 is 17.9 Å². The second kappa shape index (κ2) is 9.29. The molecule has 7 nitrogen and oxygen atoms in total. The van der Waals surface area contributed by atoms with Crippen molar-refractivity contribution in [2.75, 3.05) is 20.3 Å². The molecule has 0 radical (unpaired) electrons. The molecule has 1 N–H and O–H groups in total. The Hall–Kier alpha value is -3.56. The van der Waals surface area contributed by atoms with E-state index in [0.717, 1.165) is 4.90 Å². The summed E-state index contributed by atoms with van der Waals surface area (Å²) in [7, 11) is 1.48. The highest BCUT2D eigenvalue weighted by molar-refractivity contribution is 6.16. The van der Waals surface area contributed by atoms with Gasteiger partial charge in [0.1, 0.15) is 11.6 Å². The topological polar surface area (TPSA) is 80.2 Å². The van der Waals surface area contributed by atoms with Gasteiger partial charge in [-0.3, -0.25) is 15.0 Å². The molecule has 1 aliphatic rings. The number of amides is 2. The van der Waals surface area contributed by atoms with E-state index in [4.69, 9.17) is 4.74 Å². The smallest absolute Gasteiger partial charge is 0.442 e. The van der Waals surface area contributed by atoms with Gasteiger partial charge in [0, 0.05) is 12.1 Å². The summed E-state index contributed by atoms with van der Waals surface area (Å²) < 4.78 is 52.4. The van der Waals surface area contributed by atoms with Gasteiger partial charge in [0.25, 0.3) is 5.91 Å². The Morgan fingerprint density at radius 1 is 1.12 bits per heavy atom. The highest BCUT2D eigenvalue weighted by Crippen LogP contribution is 2.38. The lowest BCUT2D eigenvalue weighted by atomic mass is 10.1. The summed E-state index contributed by atoms with van der Waals surface area (Å²) in [5.74, 6) is -1.06. The Bertz CT molecular complexity index is 1010. The van der Waals surface area contributed by atoms with Crippen molar-refractivity contribution in [3.05, 3.63) is 65.7 Å². The number of hydrogen-bond donors (Lipinski definition) is 1. The van der Waals surface area contributed by atoms with Crippen LogP contribution in [-0.4, -0.2) is 54.8 Å². The number of aliphatic imine (C=N–C) groups is 1. The summed E-state index contributed by atoms with van der Waals surface area (Å²) in [4.78, 5) is 29.7. The maximum atomic E-state index is 14.2. The summed E-state index contributed by atoms with van der Waals surface area (Å²) >= 11 is 0. The van der Waals surface area contributed by atoms with Gasteiger partial charge in [0.05, 0.1) is 13.7 Å². The fourth-order valence-electron chi connectivity index (χ4n) is 3.37. The number of carbonyl (C=O) groups is 2. The Kier molecular flexibility index (Phi) is 6.71. The molecule has 1 heterocycles. The van der Waals surface area contributed by atoms with Crippen LogP contribution >= 0.6 is 0 Å². The number of alkyl halides is 3. The average molecular weight is 449 g/mol. The van der Waals surface area contributed by atoms with Crippen molar-refractivity contribution in [1.82, 2.24) is 10.2 Å². The monoisotopic (exact) mass is 449 g/mol. The van der Waals surface area contributed by atoms with Crippen LogP contribution in [-0.2, 0) is 16.0 Å². The first kappa shape index (κ1) is 23.1. The van der Waals surface area contributed by atoms with Crippen molar-refractivity contribution in [3.63, 3.8) is 0 Å². The van der Waals surface area contributed by atoms with Gasteiger partial charge in [0.15, 0.2) is 0 Å². The number of benzene rings is 2. The Balaban J connectivity index is 2.02. The highest BCUT2D eigenvalue weighted by Gasteiger charge is 2.67. The summed E-state index contributed by atoms with van der Waals surface area (Å²) in [5.41, 5.74) is -2.47. The molecule has 0 spiro atoms. The van der Waals surface area contributed by atoms with Crippen molar-refractivity contribution < 1.29 is 32.2 Å². The molecule has 1 aliphatic heterocycles. The van der Waals surface area contributed by atoms with Crippen LogP contribution in [0.1, 0.15) is 18.1 Å². The lowest BCUT2D eigenvalue weighted by Crippen LogP contribution is -2.63. The largest absolute Gasteiger partial charge is 0.496 e. The predicted octanol–water partition coefficient (Wildman–Crippen LogP) is 3.53. The summed E-state index contributed by atoms with van der Waals surface area (Å²) in [5, 5.41) is 1.64. The van der Waals surface area contributed by atoms with Crippen molar-refractivity contribution in [2.24, 2.45) is 4.99 Å². The van der Waals surface area contributed by atoms with E-state index in [1.54, 1.807) is 59.9 Å². The van der Waals surface area contributed by atoms with Crippen molar-refractivity contribution in [3.8, 4) is 5.75 Å². The number of carbonyl (C=O) groups excluding carboxylic acids is 2. The first-order valence-electron chi connectivity index (χ1n) is 9.84. The van der Waals surface area contributed by atoms with Crippen molar-refractivity contribution in [2.45, 2.75) is 25.2 Å². The average Bonchev–Trinajstić information content (AvgIpc) is 3.05. The van der Waals surface area contributed by atoms with Gasteiger partial charge < -0.3 is 9.47 Å². The Morgan fingerprint density at radius 2 is 1.78 bits per heavy atom. The number of hydrogen-bond acceptors (Lipinski definition) is 5. The first-order valence-corrected chi connectivity index (χ1v) is 9.84. The van der Waals surface area contributed by atoms with Gasteiger partial charge in [-0.1, -0.05) is 48.5 Å². The van der Waals surface area contributed by atoms with E-state index in [1.165, 1.54) is 14.0 Å². The maximum Gasteiger partial charge on any atom is 0.442 e. The molecule has 2 amide bonds. The molecule has 0 fully saturated rings. The van der Waals surface area contributed by atoms with Gasteiger partial charge in [-0.25, -0.2) is 9.79 Å². The number of nitrogens with zero attached hydrogens (tertiary/aromatic N) is 2. The lowest BCUT2D eigenvalue weighted by Gasteiger charge is -2.28. The predicted molar refractivity (Wildman–Crippen MR) is 110 cm³/mol. The minimum Gasteiger partial charge on any atom is -0.496 e. The van der Waals surface area contributed by atoms with Crippen LogP contribution in [0, 0.1) is 0 Å². The highest BCUT2D eigenvalue weighted by atomic mass is 19.4. The minimum absolute atomic E-state index is 0.116. The molecule has 3 rings (SSSR count). The molecule has 2 aromatic rings. The molecule has 10 heteroatoms. The van der Waals surface area contributed by atoms with E-state index in [1.807, 2.05) is 0 Å². The van der Waals surface area contributed by atoms with Gasteiger partial charge in [-0.05, 0) is 25.0 Å². The molecule has 0 saturated carbocycles. The molecule has 0 saturated heterocycles. The van der Waals surface area contributed by atoms with E-state index >= 15 is 0 Å². The number of ether oxygens (including phenoxy) is 2. The number of methoxy groups -OCH3 is 1. The zero-order valence-electron chi connectivity index (χ0n) is 17.5. The van der Waals surface area contributed by atoms with E-state index in [-0.39, 0.29) is 25.4 Å². The second-order valence-corrected chi connectivity index (χ2v) is 6.87. The third kappa shape index (κ3) is 4.39. The normalized spacial score (nSPS) is 18.3. The van der Waals surface area contributed by atoms with Crippen LogP contribution in [0.25, 0.3) is 0 Å². The maximum absolute atomic E-state index is 14.2. The fraction of sp³-hybridized carbons (Fsp3) is 0.318. The van der Waals surface area contributed by atoms with Crippen LogP contribution in [0.15, 0.2) is 59.6 Å². The van der Waals surface area contributed by atoms with E-state index < -0.39 is 23.8 Å². The molecule has 0 aromatic heterocycles. The summed E-state index contributed by atoms with van der Waals surface area (Å²) in [6.45, 7) is 1.16. The molecular formula is C22H22F3N3O4. The van der Waals surface area contributed by atoms with E-state index in [2.05, 4.69) is 9.73 Å². The van der Waals surface area contributed by atoms with Crippen LogP contribution in [0.3, 0.4) is 0 Å². The zero-order chi connectivity index (χ0) is 23.4. The van der Waals surface area contributed by atoms with E-state index in [9.17, 15) is 22.8 Å². The first-order chi connectivity index (χ1) is 15.2. The standard InChI is InChI=1S/C22H22F3N3O4/c1-3-32-20(30)27-21(22(23,24)25)19(29)28(18(26-21)16-10-5-4-6-11-16)14-13-15-9-7-8-12-17(15)31-2/h4-12H,3,13-14H2,1-2H3,(H,27,30)/t21-/m1/s1. The third-order valence-electron chi connectivity index (χ3n) is 4.88. The quantitative estimate of drug-likeness (QED) is 0.702. The van der Waals surface area contributed by atoms with Gasteiger partial charge in [0.2, 0.25) is 0 Å². The Labute approximate surface area is 182 Å².